The van der Waals surface area contributed by atoms with Gasteiger partial charge >= 0.3 is 0 Å². The third-order valence-corrected chi connectivity index (χ3v) is 1.13. The molecule has 3 radical (unpaired) electrons. The molecule has 2 nitrogen and oxygen atoms in total. The Labute approximate surface area is 76.9 Å². The van der Waals surface area contributed by atoms with E-state index in [2.05, 4.69) is 12.2 Å². The second-order valence-corrected chi connectivity index (χ2v) is 1.80. The van der Waals surface area contributed by atoms with Crippen LogP contribution in [0, 0.1) is 4.64 Å². The van der Waals surface area contributed by atoms with E-state index in [9.17, 15) is 0 Å². The van der Waals surface area contributed by atoms with E-state index in [0.717, 1.165) is 4.73 Å². The van der Waals surface area contributed by atoms with Crippen LogP contribution in [-0.2, 0) is 0 Å². The number of rotatable bonds is 0. The zero-order chi connectivity index (χ0) is 5.98. The van der Waals surface area contributed by atoms with E-state index in [1.54, 1.807) is 18.2 Å². The molecule has 0 saturated heterocycles. The molecular weight excluding hydrogens is 237 g/mol. The predicted molar refractivity (Wildman–Crippen MR) is 38.2 cm³/mol. The Hall–Kier alpha value is 0.0401. The number of hydrogen-bond donors (Lipinski definition) is 1. The van der Waals surface area contributed by atoms with Crippen molar-refractivity contribution in [2.24, 2.45) is 0 Å². The summed E-state index contributed by atoms with van der Waals surface area (Å²) in [6, 6.07) is 5.13. The Bertz CT molecular complexity index is 234. The molecule has 0 bridgehead atoms. The van der Waals surface area contributed by atoms with E-state index >= 15 is 0 Å². The second-order valence-electron chi connectivity index (χ2n) is 1.38. The molecule has 4 heteroatoms. The topological polar surface area (TPSA) is 25.2 Å². The maximum absolute atomic E-state index is 8.73. The van der Waals surface area contributed by atoms with Crippen LogP contribution in [-0.4, -0.2) is 35.8 Å². The zero-order valence-electron chi connectivity index (χ0n) is 4.69. The van der Waals surface area contributed by atoms with Gasteiger partial charge in [0.1, 0.15) is 4.64 Å². The second kappa shape index (κ2) is 3.95. The smallest absolute Gasteiger partial charge is 0.142 e. The Morgan fingerprint density at radius 3 is 2.44 bits per heavy atom. The maximum atomic E-state index is 8.73. The average molecular weight is 242 g/mol. The first-order valence-corrected chi connectivity index (χ1v) is 2.58. The standard InChI is InChI=1S/C5H5NOS.In/c7-6-4-2-1-3-5(6)8;/h1-4,7H;. The monoisotopic (exact) mass is 242 g/mol. The first kappa shape index (κ1) is 9.04. The van der Waals surface area contributed by atoms with Gasteiger partial charge < -0.3 is 5.21 Å². The van der Waals surface area contributed by atoms with Crippen LogP contribution in [0.25, 0.3) is 0 Å². The largest absolute Gasteiger partial charge is 0.428 e. The van der Waals surface area contributed by atoms with Gasteiger partial charge in [0.05, 0.1) is 0 Å². The SMILES string of the molecule is On1ccccc1=S.[In]. The quantitative estimate of drug-likeness (QED) is 0.543. The summed E-state index contributed by atoms with van der Waals surface area (Å²) < 4.78 is 1.32. The van der Waals surface area contributed by atoms with Gasteiger partial charge in [-0.15, -0.1) is 0 Å². The van der Waals surface area contributed by atoms with Crippen molar-refractivity contribution in [2.45, 2.75) is 0 Å². The van der Waals surface area contributed by atoms with Gasteiger partial charge in [0.25, 0.3) is 0 Å². The third-order valence-electron chi connectivity index (χ3n) is 0.803. The van der Waals surface area contributed by atoms with Gasteiger partial charge in [0.15, 0.2) is 0 Å². The summed E-state index contributed by atoms with van der Waals surface area (Å²) in [6.45, 7) is 0. The first-order valence-electron chi connectivity index (χ1n) is 2.17. The van der Waals surface area contributed by atoms with Crippen LogP contribution in [0.2, 0.25) is 0 Å². The van der Waals surface area contributed by atoms with Crippen molar-refractivity contribution in [1.29, 1.82) is 0 Å². The Kier molecular flexibility index (Phi) is 3.97. The van der Waals surface area contributed by atoms with Crippen LogP contribution in [0.3, 0.4) is 0 Å². The number of nitrogens with zero attached hydrogens (tertiary/aromatic N) is 1. The molecule has 1 N–H and O–H groups in total. The molecule has 1 aromatic heterocycles. The van der Waals surface area contributed by atoms with Crippen LogP contribution in [0.5, 0.6) is 0 Å². The molecule has 0 aromatic carbocycles. The summed E-state index contributed by atoms with van der Waals surface area (Å²) in [6.07, 6.45) is 1.49. The van der Waals surface area contributed by atoms with Gasteiger partial charge in [-0.3, -0.25) is 0 Å². The molecule has 0 fully saturated rings. The molecule has 45 valence electrons. The summed E-state index contributed by atoms with van der Waals surface area (Å²) in [4.78, 5) is 0. The van der Waals surface area contributed by atoms with E-state index in [0.29, 0.717) is 4.64 Å². The minimum Gasteiger partial charge on any atom is -0.428 e. The van der Waals surface area contributed by atoms with E-state index in [4.69, 9.17) is 5.21 Å². The molecule has 0 unspecified atom stereocenters. The minimum atomic E-state index is 0. The van der Waals surface area contributed by atoms with Crippen LogP contribution in [0.1, 0.15) is 0 Å². The van der Waals surface area contributed by atoms with Crippen molar-refractivity contribution in [2.75, 3.05) is 0 Å². The van der Waals surface area contributed by atoms with E-state index in [1.807, 2.05) is 0 Å². The zero-order valence-corrected chi connectivity index (χ0v) is 8.80. The molecule has 0 atom stereocenters. The van der Waals surface area contributed by atoms with Gasteiger partial charge in [0, 0.05) is 32.0 Å². The fraction of sp³-hybridized carbons (Fsp3) is 0. The summed E-state index contributed by atoms with van der Waals surface area (Å²) in [5, 5.41) is 8.73. The van der Waals surface area contributed by atoms with Crippen LogP contribution < -0.4 is 0 Å². The van der Waals surface area contributed by atoms with Gasteiger partial charge in [-0.25, -0.2) is 0 Å². The van der Waals surface area contributed by atoms with Crippen LogP contribution in [0.15, 0.2) is 24.4 Å². The Morgan fingerprint density at radius 2 is 2.11 bits per heavy atom. The minimum absolute atomic E-state index is 0. The average Bonchev–Trinajstić information content (AvgIpc) is 1.77. The van der Waals surface area contributed by atoms with Crippen molar-refractivity contribution in [3.05, 3.63) is 29.0 Å². The van der Waals surface area contributed by atoms with Gasteiger partial charge in [-0.1, -0.05) is 18.3 Å². The third kappa shape index (κ3) is 2.41. The Morgan fingerprint density at radius 1 is 1.44 bits per heavy atom. The molecule has 0 amide bonds. The first-order chi connectivity index (χ1) is 3.80. The van der Waals surface area contributed by atoms with Crippen molar-refractivity contribution in [3.8, 4) is 0 Å². The molecule has 9 heavy (non-hydrogen) atoms. The fourth-order valence-electron chi connectivity index (χ4n) is 0.419. The molecule has 1 rings (SSSR count). The molecule has 0 aliphatic rings. The number of pyridine rings is 1. The van der Waals surface area contributed by atoms with E-state index < -0.39 is 0 Å². The van der Waals surface area contributed by atoms with E-state index in [-0.39, 0.29) is 25.8 Å². The van der Waals surface area contributed by atoms with Gasteiger partial charge in [-0.05, 0) is 12.1 Å². The molecule has 0 aliphatic carbocycles. The van der Waals surface area contributed by atoms with Crippen molar-refractivity contribution in [3.63, 3.8) is 0 Å². The maximum Gasteiger partial charge on any atom is 0.142 e. The molecule has 0 saturated carbocycles. The van der Waals surface area contributed by atoms with Gasteiger partial charge in [0.2, 0.25) is 0 Å². The van der Waals surface area contributed by atoms with Crippen molar-refractivity contribution < 1.29 is 5.21 Å². The van der Waals surface area contributed by atoms with Crippen molar-refractivity contribution in [1.82, 2.24) is 4.73 Å². The molecular formula is C5H5InNOS. The Balaban J connectivity index is 0.000000640. The van der Waals surface area contributed by atoms with Crippen LogP contribution in [0.4, 0.5) is 0 Å². The molecule has 0 aliphatic heterocycles. The molecule has 0 spiro atoms. The summed E-state index contributed by atoms with van der Waals surface area (Å²) in [5.41, 5.74) is 0. The predicted octanol–water partition coefficient (Wildman–Crippen LogP) is 1.07. The van der Waals surface area contributed by atoms with Crippen LogP contribution >= 0.6 is 12.2 Å². The van der Waals surface area contributed by atoms with Crippen molar-refractivity contribution >= 4 is 38.1 Å². The summed E-state index contributed by atoms with van der Waals surface area (Å²) >= 11 is 4.67. The van der Waals surface area contributed by atoms with Gasteiger partial charge in [-0.2, -0.15) is 4.73 Å². The number of hydrogen-bond acceptors (Lipinski definition) is 2. The normalized spacial score (nSPS) is 8.00. The van der Waals surface area contributed by atoms with E-state index in [1.165, 1.54) is 6.20 Å². The molecule has 1 aromatic rings. The fourth-order valence-corrected chi connectivity index (χ4v) is 0.558. The number of aromatic nitrogens is 1. The summed E-state index contributed by atoms with van der Waals surface area (Å²) in [7, 11) is 0. The summed E-state index contributed by atoms with van der Waals surface area (Å²) in [5.74, 6) is 0. The molecule has 1 heterocycles.